The summed E-state index contributed by atoms with van der Waals surface area (Å²) in [5.41, 5.74) is 4.23. The first-order valence-electron chi connectivity index (χ1n) is 12.1. The largest absolute Gasteiger partial charge is 0.381 e. The van der Waals surface area contributed by atoms with Crippen LogP contribution < -0.4 is 10.6 Å². The second kappa shape index (κ2) is 9.37. The molecule has 2 aliphatic rings. The lowest BCUT2D eigenvalue weighted by Crippen LogP contribution is -2.32. The average molecular weight is 502 g/mol. The minimum atomic E-state index is -0.414. The molecule has 4 aromatic heterocycles. The highest BCUT2D eigenvalue weighted by Gasteiger charge is 2.37. The molecule has 2 aliphatic heterocycles. The number of amides is 2. The summed E-state index contributed by atoms with van der Waals surface area (Å²) >= 11 is 0. The first-order valence-corrected chi connectivity index (χ1v) is 12.1. The van der Waals surface area contributed by atoms with Gasteiger partial charge in [0.15, 0.2) is 5.69 Å². The Morgan fingerprint density at radius 1 is 1.08 bits per heavy atom. The van der Waals surface area contributed by atoms with Gasteiger partial charge in [-0.3, -0.25) is 24.2 Å². The fourth-order valence-corrected chi connectivity index (χ4v) is 5.02. The molecule has 0 bridgehead atoms. The van der Waals surface area contributed by atoms with Crippen LogP contribution in [0.4, 0.5) is 11.4 Å². The predicted molar refractivity (Wildman–Crippen MR) is 135 cm³/mol. The molecule has 2 fully saturated rings. The Bertz CT molecular complexity index is 1480. The maximum Gasteiger partial charge on any atom is 0.278 e. The Hall–Kier alpha value is -4.16. The van der Waals surface area contributed by atoms with Gasteiger partial charge in [0.05, 0.1) is 54.7 Å². The van der Waals surface area contributed by atoms with Crippen molar-refractivity contribution in [2.75, 3.05) is 43.5 Å². The first kappa shape index (κ1) is 23.3. The highest BCUT2D eigenvalue weighted by molar-refractivity contribution is 6.08. The van der Waals surface area contributed by atoms with E-state index in [4.69, 9.17) is 4.74 Å². The molecule has 2 saturated heterocycles. The van der Waals surface area contributed by atoms with Crippen molar-refractivity contribution in [1.29, 1.82) is 0 Å². The van der Waals surface area contributed by atoms with E-state index in [0.29, 0.717) is 41.0 Å². The Morgan fingerprint density at radius 2 is 1.89 bits per heavy atom. The van der Waals surface area contributed by atoms with Crippen LogP contribution in [0.1, 0.15) is 16.2 Å². The number of nitrogens with one attached hydrogen (secondary N) is 2. The number of pyridine rings is 2. The molecule has 12 heteroatoms. The molecule has 2 unspecified atom stereocenters. The number of aromatic nitrogens is 6. The molecule has 0 aliphatic carbocycles. The highest BCUT2D eigenvalue weighted by atomic mass is 16.5. The summed E-state index contributed by atoms with van der Waals surface area (Å²) in [6.07, 6.45) is 7.06. The topological polar surface area (TPSA) is 132 Å². The van der Waals surface area contributed by atoms with E-state index < -0.39 is 5.91 Å². The molecule has 2 N–H and O–H groups in total. The molecule has 2 atom stereocenters. The lowest BCUT2D eigenvalue weighted by molar-refractivity contribution is -0.117. The summed E-state index contributed by atoms with van der Waals surface area (Å²) in [4.78, 5) is 32.2. The van der Waals surface area contributed by atoms with Gasteiger partial charge >= 0.3 is 0 Å². The Kier molecular flexibility index (Phi) is 5.89. The number of anilines is 2. The van der Waals surface area contributed by atoms with Gasteiger partial charge in [0.25, 0.3) is 5.91 Å². The van der Waals surface area contributed by atoms with E-state index in [1.807, 2.05) is 19.3 Å². The van der Waals surface area contributed by atoms with Crippen molar-refractivity contribution in [2.24, 2.45) is 18.9 Å². The van der Waals surface area contributed by atoms with E-state index in [0.717, 1.165) is 37.4 Å². The van der Waals surface area contributed by atoms with Gasteiger partial charge in [-0.2, -0.15) is 5.10 Å². The molecule has 37 heavy (non-hydrogen) atoms. The number of likely N-dealkylation sites (tertiary alicyclic amines) is 1. The smallest absolute Gasteiger partial charge is 0.278 e. The van der Waals surface area contributed by atoms with Crippen LogP contribution in [-0.2, 0) is 16.6 Å². The van der Waals surface area contributed by atoms with Crippen molar-refractivity contribution in [3.63, 3.8) is 0 Å². The molecule has 0 aromatic carbocycles. The predicted octanol–water partition coefficient (Wildman–Crippen LogP) is 1.60. The molecule has 0 spiro atoms. The van der Waals surface area contributed by atoms with Gasteiger partial charge in [0, 0.05) is 55.5 Å². The lowest BCUT2D eigenvalue weighted by Gasteiger charge is -2.16. The van der Waals surface area contributed by atoms with Gasteiger partial charge in [0.1, 0.15) is 0 Å². The van der Waals surface area contributed by atoms with Crippen LogP contribution in [0.5, 0.6) is 0 Å². The van der Waals surface area contributed by atoms with E-state index in [1.165, 1.54) is 0 Å². The SMILES string of the molecule is Cc1ncc(NC(=O)CN2CC3COCC3C2)cc1NC(=O)c1nnn2cc(-c3cnn(C)c3)ccc12. The number of aryl methyl sites for hydroxylation is 2. The van der Waals surface area contributed by atoms with E-state index in [2.05, 4.69) is 35.9 Å². The van der Waals surface area contributed by atoms with Crippen LogP contribution >= 0.6 is 0 Å². The molecule has 6 heterocycles. The molecular formula is C25H27N9O3. The van der Waals surface area contributed by atoms with Crippen molar-refractivity contribution in [1.82, 2.24) is 34.5 Å². The van der Waals surface area contributed by atoms with Crippen molar-refractivity contribution in [3.05, 3.63) is 54.4 Å². The molecule has 2 amide bonds. The highest BCUT2D eigenvalue weighted by Crippen LogP contribution is 2.29. The fourth-order valence-electron chi connectivity index (χ4n) is 5.02. The number of carbonyl (C=O) groups excluding carboxylic acids is 2. The molecular weight excluding hydrogens is 474 g/mol. The van der Waals surface area contributed by atoms with Crippen LogP contribution in [-0.4, -0.2) is 79.2 Å². The summed E-state index contributed by atoms with van der Waals surface area (Å²) < 4.78 is 8.80. The van der Waals surface area contributed by atoms with Crippen molar-refractivity contribution in [3.8, 4) is 11.1 Å². The van der Waals surface area contributed by atoms with Gasteiger partial charge in [-0.05, 0) is 19.1 Å². The fraction of sp³-hybridized carbons (Fsp3) is 0.360. The molecule has 4 aromatic rings. The summed E-state index contributed by atoms with van der Waals surface area (Å²) in [6.45, 7) is 5.41. The van der Waals surface area contributed by atoms with Gasteiger partial charge in [-0.1, -0.05) is 11.3 Å². The summed E-state index contributed by atoms with van der Waals surface area (Å²) in [5, 5.41) is 18.2. The standard InChI is InChI=1S/C25H27N9O3/c1-15-21(5-20(7-26-15)28-23(35)12-33-9-18-13-37-14-19(18)10-33)29-25(36)24-22-4-3-16(11-34(22)31-30-24)17-6-27-32(2)8-17/h3-8,11,18-19H,9-10,12-14H2,1-2H3,(H,28,35)(H,29,36). The van der Waals surface area contributed by atoms with Gasteiger partial charge in [-0.25, -0.2) is 4.52 Å². The first-order chi connectivity index (χ1) is 17.9. The third kappa shape index (κ3) is 4.68. The normalized spacial score (nSPS) is 19.3. The van der Waals surface area contributed by atoms with Crippen LogP contribution in [0.2, 0.25) is 0 Å². The average Bonchev–Trinajstić information content (AvgIpc) is 3.64. The van der Waals surface area contributed by atoms with E-state index in [9.17, 15) is 9.59 Å². The molecule has 12 nitrogen and oxygen atoms in total. The number of carbonyl (C=O) groups is 2. The van der Waals surface area contributed by atoms with E-state index in [-0.39, 0.29) is 11.6 Å². The monoisotopic (exact) mass is 501 g/mol. The molecule has 6 rings (SSSR count). The van der Waals surface area contributed by atoms with Crippen LogP contribution in [0.15, 0.2) is 43.0 Å². The zero-order valence-electron chi connectivity index (χ0n) is 20.6. The van der Waals surface area contributed by atoms with Gasteiger partial charge in [-0.15, -0.1) is 5.10 Å². The Balaban J connectivity index is 1.13. The number of fused-ring (bicyclic) bond motifs is 2. The zero-order chi connectivity index (χ0) is 25.5. The second-order valence-corrected chi connectivity index (χ2v) is 9.70. The molecule has 0 radical (unpaired) electrons. The van der Waals surface area contributed by atoms with Crippen LogP contribution in [0.25, 0.3) is 16.6 Å². The summed E-state index contributed by atoms with van der Waals surface area (Å²) in [6, 6.07) is 5.41. The van der Waals surface area contributed by atoms with Crippen molar-refractivity contribution >= 4 is 28.7 Å². The number of rotatable bonds is 6. The quantitative estimate of drug-likeness (QED) is 0.407. The van der Waals surface area contributed by atoms with Crippen molar-refractivity contribution < 1.29 is 14.3 Å². The number of hydrogen-bond donors (Lipinski definition) is 2. The van der Waals surface area contributed by atoms with Crippen LogP contribution in [0, 0.1) is 18.8 Å². The molecule has 190 valence electrons. The third-order valence-corrected chi connectivity index (χ3v) is 6.97. The van der Waals surface area contributed by atoms with Gasteiger partial charge in [0.2, 0.25) is 5.91 Å². The Labute approximate surface area is 212 Å². The minimum absolute atomic E-state index is 0.113. The maximum absolute atomic E-state index is 13.1. The lowest BCUT2D eigenvalue weighted by atomic mass is 10.0. The zero-order valence-corrected chi connectivity index (χ0v) is 20.6. The summed E-state index contributed by atoms with van der Waals surface area (Å²) in [5.74, 6) is 0.512. The van der Waals surface area contributed by atoms with Crippen molar-refractivity contribution in [2.45, 2.75) is 6.92 Å². The van der Waals surface area contributed by atoms with E-state index in [1.54, 1.807) is 46.8 Å². The number of nitrogens with zero attached hydrogens (tertiary/aromatic N) is 7. The Morgan fingerprint density at radius 3 is 2.65 bits per heavy atom. The summed E-state index contributed by atoms with van der Waals surface area (Å²) in [7, 11) is 1.85. The number of hydrogen-bond acceptors (Lipinski definition) is 8. The molecule has 0 saturated carbocycles. The minimum Gasteiger partial charge on any atom is -0.381 e. The van der Waals surface area contributed by atoms with Gasteiger partial charge < -0.3 is 15.4 Å². The van der Waals surface area contributed by atoms with Crippen LogP contribution in [0.3, 0.4) is 0 Å². The number of ether oxygens (including phenoxy) is 1. The third-order valence-electron chi connectivity index (χ3n) is 6.97. The second-order valence-electron chi connectivity index (χ2n) is 9.70. The maximum atomic E-state index is 13.1. The van der Waals surface area contributed by atoms with E-state index >= 15 is 0 Å².